The zero-order valence-corrected chi connectivity index (χ0v) is 14.3. The maximum absolute atomic E-state index is 11.7. The van der Waals surface area contributed by atoms with Crippen molar-refractivity contribution in [1.29, 1.82) is 0 Å². The Hall–Kier alpha value is -2.58. The summed E-state index contributed by atoms with van der Waals surface area (Å²) in [5, 5.41) is 9.38. The second kappa shape index (κ2) is 7.80. The van der Waals surface area contributed by atoms with Crippen LogP contribution in [0.1, 0.15) is 6.42 Å². The van der Waals surface area contributed by atoms with E-state index in [0.717, 1.165) is 25.2 Å². The molecule has 1 aromatic heterocycles. The van der Waals surface area contributed by atoms with Gasteiger partial charge in [0.1, 0.15) is 0 Å². The fourth-order valence-corrected chi connectivity index (χ4v) is 2.50. The summed E-state index contributed by atoms with van der Waals surface area (Å²) in [4.78, 5) is 38.2. The molecule has 1 saturated heterocycles. The highest BCUT2D eigenvalue weighted by atomic mass is 16.2. The van der Waals surface area contributed by atoms with Gasteiger partial charge in [-0.15, -0.1) is 0 Å². The van der Waals surface area contributed by atoms with Crippen LogP contribution in [-0.4, -0.2) is 66.9 Å². The summed E-state index contributed by atoms with van der Waals surface area (Å²) in [5.41, 5.74) is 0.672. The van der Waals surface area contributed by atoms with Crippen molar-refractivity contribution < 1.29 is 9.59 Å². The van der Waals surface area contributed by atoms with E-state index in [0.29, 0.717) is 12.5 Å². The van der Waals surface area contributed by atoms with Gasteiger partial charge in [0.15, 0.2) is 0 Å². The number of anilines is 1. The predicted octanol–water partition coefficient (Wildman–Crippen LogP) is -1.01. The first kappa shape index (κ1) is 17.8. The van der Waals surface area contributed by atoms with Crippen LogP contribution in [0.5, 0.6) is 0 Å². The number of nitrogens with one attached hydrogen (secondary N) is 2. The van der Waals surface area contributed by atoms with Gasteiger partial charge in [-0.2, -0.15) is 5.10 Å². The number of carbonyl (C=O) groups excluding carboxylic acids is 2. The number of nitrogens with zero attached hydrogens (tertiary/aromatic N) is 4. The van der Waals surface area contributed by atoms with Gasteiger partial charge in [0.25, 0.3) is 5.56 Å². The first-order valence-electron chi connectivity index (χ1n) is 7.87. The summed E-state index contributed by atoms with van der Waals surface area (Å²) < 4.78 is 1.29. The summed E-state index contributed by atoms with van der Waals surface area (Å²) in [6.45, 7) is 2.10. The van der Waals surface area contributed by atoms with Crippen molar-refractivity contribution in [1.82, 2.24) is 25.3 Å². The molecule has 2 heterocycles. The first-order valence-corrected chi connectivity index (χ1v) is 7.87. The Balaban J connectivity index is 1.75. The number of aromatic nitrogens is 2. The van der Waals surface area contributed by atoms with Crippen LogP contribution in [-0.2, 0) is 11.8 Å². The molecule has 0 saturated carbocycles. The molecule has 1 aliphatic rings. The average Bonchev–Trinajstić information content (AvgIpc) is 3.02. The van der Waals surface area contributed by atoms with Gasteiger partial charge in [0.2, 0.25) is 5.91 Å². The molecule has 2 N–H and O–H groups in total. The van der Waals surface area contributed by atoms with Crippen molar-refractivity contribution >= 4 is 17.6 Å². The summed E-state index contributed by atoms with van der Waals surface area (Å²) in [6.07, 6.45) is 2.61. The molecule has 1 fully saturated rings. The summed E-state index contributed by atoms with van der Waals surface area (Å²) >= 11 is 0. The lowest BCUT2D eigenvalue weighted by atomic mass is 10.1. The SMILES string of the molecule is CN(C)C(=O)NCC(=O)NC[C@H]1CCN(c2cnn(C)c(=O)c2)C1. The minimum absolute atomic E-state index is 0.0356. The molecular formula is C15H24N6O3. The van der Waals surface area contributed by atoms with E-state index in [2.05, 4.69) is 20.6 Å². The lowest BCUT2D eigenvalue weighted by Gasteiger charge is -2.18. The smallest absolute Gasteiger partial charge is 0.317 e. The molecule has 0 unspecified atom stereocenters. The molecule has 1 aromatic rings. The van der Waals surface area contributed by atoms with E-state index in [-0.39, 0.29) is 24.0 Å². The zero-order valence-electron chi connectivity index (χ0n) is 14.3. The molecule has 1 aliphatic heterocycles. The molecule has 24 heavy (non-hydrogen) atoms. The normalized spacial score (nSPS) is 16.8. The van der Waals surface area contributed by atoms with Crippen LogP contribution in [0.15, 0.2) is 17.1 Å². The molecule has 3 amide bonds. The number of rotatable bonds is 5. The fourth-order valence-electron chi connectivity index (χ4n) is 2.50. The van der Waals surface area contributed by atoms with E-state index in [1.807, 2.05) is 0 Å². The Morgan fingerprint density at radius 3 is 2.79 bits per heavy atom. The number of aryl methyl sites for hydroxylation is 1. The fraction of sp³-hybridized carbons (Fsp3) is 0.600. The van der Waals surface area contributed by atoms with Crippen LogP contribution in [0.3, 0.4) is 0 Å². The third-order valence-corrected chi connectivity index (χ3v) is 4.00. The van der Waals surface area contributed by atoms with Crippen LogP contribution in [0.4, 0.5) is 10.5 Å². The van der Waals surface area contributed by atoms with Crippen molar-refractivity contribution in [2.24, 2.45) is 13.0 Å². The molecule has 0 bridgehead atoms. The molecule has 9 nitrogen and oxygen atoms in total. The van der Waals surface area contributed by atoms with E-state index >= 15 is 0 Å². The zero-order chi connectivity index (χ0) is 17.7. The second-order valence-electron chi connectivity index (χ2n) is 6.13. The molecule has 0 aliphatic carbocycles. The second-order valence-corrected chi connectivity index (χ2v) is 6.13. The summed E-state index contributed by atoms with van der Waals surface area (Å²) in [5.74, 6) is 0.0986. The standard InChI is InChI=1S/C15H24N6O3/c1-19(2)15(24)17-9-13(22)16-7-11-4-5-21(10-11)12-6-14(23)20(3)18-8-12/h6,8,11H,4-5,7,9-10H2,1-3H3,(H,16,22)(H,17,24)/t11-/m1/s1. The minimum atomic E-state index is -0.296. The first-order chi connectivity index (χ1) is 11.4. The van der Waals surface area contributed by atoms with Gasteiger partial charge >= 0.3 is 6.03 Å². The Kier molecular flexibility index (Phi) is 5.78. The molecule has 2 rings (SSSR count). The predicted molar refractivity (Wildman–Crippen MR) is 89.9 cm³/mol. The maximum Gasteiger partial charge on any atom is 0.317 e. The molecule has 0 radical (unpaired) electrons. The molecule has 9 heteroatoms. The number of amides is 3. The van der Waals surface area contributed by atoms with Crippen LogP contribution < -0.4 is 21.1 Å². The highest BCUT2D eigenvalue weighted by Crippen LogP contribution is 2.21. The molecule has 1 atom stereocenters. The van der Waals surface area contributed by atoms with Crippen molar-refractivity contribution in [2.45, 2.75) is 6.42 Å². The molecule has 132 valence electrons. The van der Waals surface area contributed by atoms with E-state index in [9.17, 15) is 14.4 Å². The van der Waals surface area contributed by atoms with Gasteiger partial charge in [-0.3, -0.25) is 9.59 Å². The van der Waals surface area contributed by atoms with Crippen molar-refractivity contribution in [3.8, 4) is 0 Å². The van der Waals surface area contributed by atoms with Crippen LogP contribution in [0.25, 0.3) is 0 Å². The molecule has 0 spiro atoms. The van der Waals surface area contributed by atoms with Crippen LogP contribution >= 0.6 is 0 Å². The highest BCUT2D eigenvalue weighted by molar-refractivity contribution is 5.83. The molecular weight excluding hydrogens is 312 g/mol. The number of hydrogen-bond donors (Lipinski definition) is 2. The lowest BCUT2D eigenvalue weighted by molar-refractivity contribution is -0.120. The van der Waals surface area contributed by atoms with Gasteiger partial charge in [0.05, 0.1) is 18.4 Å². The Bertz CT molecular complexity index is 657. The summed E-state index contributed by atoms with van der Waals surface area (Å²) in [6, 6.07) is 1.28. The average molecular weight is 336 g/mol. The van der Waals surface area contributed by atoms with Crippen LogP contribution in [0, 0.1) is 5.92 Å². The monoisotopic (exact) mass is 336 g/mol. The summed E-state index contributed by atoms with van der Waals surface area (Å²) in [7, 11) is 4.85. The number of urea groups is 1. The van der Waals surface area contributed by atoms with E-state index in [1.54, 1.807) is 33.4 Å². The van der Waals surface area contributed by atoms with E-state index < -0.39 is 0 Å². The lowest BCUT2D eigenvalue weighted by Crippen LogP contribution is -2.42. The van der Waals surface area contributed by atoms with E-state index in [4.69, 9.17) is 0 Å². The maximum atomic E-state index is 11.7. The number of hydrogen-bond acceptors (Lipinski definition) is 5. The van der Waals surface area contributed by atoms with Gasteiger partial charge in [-0.25, -0.2) is 9.48 Å². The Morgan fingerprint density at radius 1 is 1.38 bits per heavy atom. The van der Waals surface area contributed by atoms with Crippen molar-refractivity contribution in [3.05, 3.63) is 22.6 Å². The Labute approximate surface area is 140 Å². The van der Waals surface area contributed by atoms with Crippen molar-refractivity contribution in [3.63, 3.8) is 0 Å². The van der Waals surface area contributed by atoms with Gasteiger partial charge in [-0.05, 0) is 12.3 Å². The van der Waals surface area contributed by atoms with E-state index in [1.165, 1.54) is 9.58 Å². The Morgan fingerprint density at radius 2 is 2.12 bits per heavy atom. The highest BCUT2D eigenvalue weighted by Gasteiger charge is 2.23. The largest absolute Gasteiger partial charge is 0.370 e. The topological polar surface area (TPSA) is 99.6 Å². The van der Waals surface area contributed by atoms with Gasteiger partial charge < -0.3 is 20.4 Å². The van der Waals surface area contributed by atoms with Gasteiger partial charge in [0, 0.05) is 46.8 Å². The third kappa shape index (κ3) is 4.71. The minimum Gasteiger partial charge on any atom is -0.370 e. The van der Waals surface area contributed by atoms with Crippen LogP contribution in [0.2, 0.25) is 0 Å². The van der Waals surface area contributed by atoms with Crippen molar-refractivity contribution in [2.75, 3.05) is 45.2 Å². The van der Waals surface area contributed by atoms with Gasteiger partial charge in [-0.1, -0.05) is 0 Å². The number of carbonyl (C=O) groups is 2. The third-order valence-electron chi connectivity index (χ3n) is 4.00. The quantitative estimate of drug-likeness (QED) is 0.718. The molecule has 0 aromatic carbocycles.